The first-order valence-corrected chi connectivity index (χ1v) is 7.08. The lowest BCUT2D eigenvalue weighted by molar-refractivity contribution is 0.0381. The van der Waals surface area contributed by atoms with Crippen LogP contribution in [0.2, 0.25) is 0 Å². The largest absolute Gasteiger partial charge is 0.492 e. The Morgan fingerprint density at radius 3 is 2.04 bits per heavy atom. The van der Waals surface area contributed by atoms with E-state index in [1.54, 1.807) is 20.8 Å². The molecular formula is C16H18N2O6. The van der Waals surface area contributed by atoms with Crippen molar-refractivity contribution in [3.63, 3.8) is 0 Å². The summed E-state index contributed by atoms with van der Waals surface area (Å²) in [5.41, 5.74) is -0.0149. The highest BCUT2D eigenvalue weighted by Crippen LogP contribution is 2.20. The average Bonchev–Trinajstić information content (AvgIpc) is 2.77. The molecule has 1 amide bonds. The Labute approximate surface area is 138 Å². The molecular weight excluding hydrogens is 316 g/mol. The van der Waals surface area contributed by atoms with Gasteiger partial charge in [0.2, 0.25) is 11.8 Å². The van der Waals surface area contributed by atoms with Crippen molar-refractivity contribution < 1.29 is 29.4 Å². The highest BCUT2D eigenvalue weighted by molar-refractivity contribution is 5.91. The van der Waals surface area contributed by atoms with E-state index < -0.39 is 29.4 Å². The van der Waals surface area contributed by atoms with Gasteiger partial charge in [-0.15, -0.1) is 4.73 Å². The second-order valence-electron chi connectivity index (χ2n) is 5.93. The van der Waals surface area contributed by atoms with Gasteiger partial charge in [-0.1, -0.05) is 0 Å². The first-order valence-electron chi connectivity index (χ1n) is 7.08. The van der Waals surface area contributed by atoms with Crippen LogP contribution in [0.4, 0.5) is 10.5 Å². The molecule has 0 aliphatic rings. The molecule has 1 heterocycles. The minimum Gasteiger partial charge on any atom is -0.492 e. The number of ether oxygens (including phenoxy) is 1. The maximum Gasteiger partial charge on any atom is 0.412 e. The average molecular weight is 334 g/mol. The highest BCUT2D eigenvalue weighted by Gasteiger charge is 2.17. The number of hydrogen-bond acceptors (Lipinski definition) is 6. The minimum atomic E-state index is -0.791. The lowest BCUT2D eigenvalue weighted by Gasteiger charge is -2.19. The molecule has 0 spiro atoms. The topological polar surface area (TPSA) is 110 Å². The van der Waals surface area contributed by atoms with Crippen molar-refractivity contribution in [3.8, 4) is 11.8 Å². The van der Waals surface area contributed by atoms with E-state index in [1.165, 1.54) is 36.4 Å². The molecule has 8 nitrogen and oxygen atoms in total. The van der Waals surface area contributed by atoms with E-state index in [1.807, 2.05) is 0 Å². The molecule has 0 aliphatic carbocycles. The van der Waals surface area contributed by atoms with Gasteiger partial charge >= 0.3 is 12.1 Å². The van der Waals surface area contributed by atoms with Crippen molar-refractivity contribution in [3.05, 3.63) is 42.0 Å². The molecule has 3 N–H and O–H groups in total. The number of aromatic hydroxyl groups is 2. The molecule has 1 aromatic heterocycles. The zero-order valence-electron chi connectivity index (χ0n) is 13.4. The summed E-state index contributed by atoms with van der Waals surface area (Å²) >= 11 is 0. The molecule has 128 valence electrons. The third kappa shape index (κ3) is 4.42. The quantitative estimate of drug-likeness (QED) is 0.795. The van der Waals surface area contributed by atoms with Crippen molar-refractivity contribution in [2.75, 3.05) is 5.32 Å². The zero-order chi connectivity index (χ0) is 17.9. The van der Waals surface area contributed by atoms with Crippen LogP contribution in [-0.4, -0.2) is 32.6 Å². The molecule has 0 saturated carbocycles. The van der Waals surface area contributed by atoms with Crippen molar-refractivity contribution in [1.29, 1.82) is 0 Å². The first kappa shape index (κ1) is 17.2. The van der Waals surface area contributed by atoms with Gasteiger partial charge in [-0.05, 0) is 45.0 Å². The molecule has 0 fully saturated rings. The van der Waals surface area contributed by atoms with Gasteiger partial charge in [-0.25, -0.2) is 9.59 Å². The number of nitrogens with one attached hydrogen (secondary N) is 1. The SMILES string of the molecule is CC(C)(C)OC(=O)Nc1ccc(C(=O)On2c(O)ccc2O)cc1. The fourth-order valence-electron chi connectivity index (χ4n) is 1.74. The first-order chi connectivity index (χ1) is 11.2. The number of anilines is 1. The Balaban J connectivity index is 2.01. The van der Waals surface area contributed by atoms with Crippen LogP contribution in [0.1, 0.15) is 31.1 Å². The second-order valence-corrected chi connectivity index (χ2v) is 5.93. The molecule has 2 aromatic rings. The lowest BCUT2D eigenvalue weighted by atomic mass is 10.2. The molecule has 0 atom stereocenters. The predicted molar refractivity (Wildman–Crippen MR) is 85.0 cm³/mol. The summed E-state index contributed by atoms with van der Waals surface area (Å²) in [6, 6.07) is 8.19. The summed E-state index contributed by atoms with van der Waals surface area (Å²) < 4.78 is 5.71. The van der Waals surface area contributed by atoms with Crippen LogP contribution in [0, 0.1) is 0 Å². The number of amides is 1. The van der Waals surface area contributed by atoms with Gasteiger partial charge in [-0.2, -0.15) is 0 Å². The van der Waals surface area contributed by atoms with Gasteiger partial charge in [-0.3, -0.25) is 5.32 Å². The summed E-state index contributed by atoms with van der Waals surface area (Å²) in [6.07, 6.45) is -0.611. The van der Waals surface area contributed by atoms with Crippen LogP contribution in [0.3, 0.4) is 0 Å². The zero-order valence-corrected chi connectivity index (χ0v) is 13.4. The Morgan fingerprint density at radius 1 is 1.00 bits per heavy atom. The fourth-order valence-corrected chi connectivity index (χ4v) is 1.74. The monoisotopic (exact) mass is 334 g/mol. The molecule has 2 rings (SSSR count). The van der Waals surface area contributed by atoms with Gasteiger partial charge in [0.05, 0.1) is 5.56 Å². The van der Waals surface area contributed by atoms with E-state index in [2.05, 4.69) is 5.32 Å². The fraction of sp³-hybridized carbons (Fsp3) is 0.250. The van der Waals surface area contributed by atoms with Gasteiger partial charge in [0.15, 0.2) is 0 Å². The summed E-state index contributed by atoms with van der Waals surface area (Å²) in [5.74, 6) is -1.62. The molecule has 8 heteroatoms. The summed E-state index contributed by atoms with van der Waals surface area (Å²) in [4.78, 5) is 28.5. The Hall–Kier alpha value is -3.16. The van der Waals surface area contributed by atoms with Crippen molar-refractivity contribution >= 4 is 17.7 Å². The van der Waals surface area contributed by atoms with Gasteiger partial charge in [0.25, 0.3) is 0 Å². The molecule has 0 unspecified atom stereocenters. The smallest absolute Gasteiger partial charge is 0.412 e. The number of carbonyl (C=O) groups excluding carboxylic acids is 2. The third-order valence-electron chi connectivity index (χ3n) is 2.74. The number of rotatable bonds is 3. The molecule has 24 heavy (non-hydrogen) atoms. The number of hydrogen-bond donors (Lipinski definition) is 3. The maximum absolute atomic E-state index is 12.0. The van der Waals surface area contributed by atoms with Crippen LogP contribution in [0.25, 0.3) is 0 Å². The Morgan fingerprint density at radius 2 is 1.54 bits per heavy atom. The molecule has 1 aromatic carbocycles. The van der Waals surface area contributed by atoms with Gasteiger partial charge < -0.3 is 19.8 Å². The number of carbonyl (C=O) groups is 2. The lowest BCUT2D eigenvalue weighted by Crippen LogP contribution is -2.27. The van der Waals surface area contributed by atoms with E-state index in [0.717, 1.165) is 0 Å². The maximum atomic E-state index is 12.0. The van der Waals surface area contributed by atoms with Gasteiger partial charge in [0.1, 0.15) is 5.60 Å². The molecule has 0 aliphatic heterocycles. The Bertz CT molecular complexity index is 723. The van der Waals surface area contributed by atoms with Crippen molar-refractivity contribution in [2.24, 2.45) is 0 Å². The number of aromatic nitrogens is 1. The van der Waals surface area contributed by atoms with E-state index >= 15 is 0 Å². The van der Waals surface area contributed by atoms with E-state index in [4.69, 9.17) is 9.57 Å². The number of nitrogens with zero attached hydrogens (tertiary/aromatic N) is 1. The van der Waals surface area contributed by atoms with Crippen LogP contribution >= 0.6 is 0 Å². The third-order valence-corrected chi connectivity index (χ3v) is 2.74. The predicted octanol–water partition coefficient (Wildman–Crippen LogP) is 2.52. The summed E-state index contributed by atoms with van der Waals surface area (Å²) in [5, 5.41) is 21.4. The normalized spacial score (nSPS) is 11.0. The Kier molecular flexibility index (Phi) is 4.68. The van der Waals surface area contributed by atoms with Crippen molar-refractivity contribution in [1.82, 2.24) is 4.73 Å². The minimum absolute atomic E-state index is 0.164. The van der Waals surface area contributed by atoms with Crippen LogP contribution in [0.5, 0.6) is 11.8 Å². The van der Waals surface area contributed by atoms with Crippen LogP contribution in [-0.2, 0) is 4.74 Å². The molecule has 0 radical (unpaired) electrons. The van der Waals surface area contributed by atoms with Crippen molar-refractivity contribution in [2.45, 2.75) is 26.4 Å². The van der Waals surface area contributed by atoms with Crippen LogP contribution < -0.4 is 10.2 Å². The van der Waals surface area contributed by atoms with Gasteiger partial charge in [0, 0.05) is 17.8 Å². The van der Waals surface area contributed by atoms with E-state index in [-0.39, 0.29) is 5.56 Å². The van der Waals surface area contributed by atoms with Crippen LogP contribution in [0.15, 0.2) is 36.4 Å². The van der Waals surface area contributed by atoms with E-state index in [9.17, 15) is 19.8 Å². The van der Waals surface area contributed by atoms with E-state index in [0.29, 0.717) is 10.4 Å². The standard InChI is InChI=1S/C16H18N2O6/c1-16(2,3)23-15(22)17-11-6-4-10(5-7-11)14(21)24-18-12(19)8-9-13(18)20/h4-9,19-20H,1-3H3,(H,17,22). The molecule has 0 saturated heterocycles. The summed E-state index contributed by atoms with van der Waals surface area (Å²) in [6.45, 7) is 5.24. The highest BCUT2D eigenvalue weighted by atomic mass is 16.7. The summed E-state index contributed by atoms with van der Waals surface area (Å²) in [7, 11) is 0. The molecule has 0 bridgehead atoms. The second kappa shape index (κ2) is 6.53. The number of benzene rings is 1.